The Labute approximate surface area is 140 Å². The van der Waals surface area contributed by atoms with E-state index in [1.165, 1.54) is 0 Å². The summed E-state index contributed by atoms with van der Waals surface area (Å²) < 4.78 is 11.1. The highest BCUT2D eigenvalue weighted by Crippen LogP contribution is 2.10. The molecular weight excluding hydrogens is 369 g/mol. The maximum atomic E-state index is 5.82. The van der Waals surface area contributed by atoms with Crippen LogP contribution in [0.25, 0.3) is 0 Å². The normalized spacial score (nSPS) is 16.9. The van der Waals surface area contributed by atoms with Gasteiger partial charge in [-0.2, -0.15) is 0 Å². The average molecular weight is 399 g/mol. The van der Waals surface area contributed by atoms with Crippen molar-refractivity contribution < 1.29 is 9.47 Å². The number of nitrogens with zero attached hydrogens (tertiary/aromatic N) is 1. The maximum absolute atomic E-state index is 5.82. The first-order valence-corrected chi connectivity index (χ1v) is 7.36. The number of rotatable bonds is 7. The van der Waals surface area contributed by atoms with Gasteiger partial charge in [0.15, 0.2) is 5.96 Å². The van der Waals surface area contributed by atoms with E-state index in [0.29, 0.717) is 12.0 Å². The number of halogens is 1. The van der Waals surface area contributed by atoms with Crippen molar-refractivity contribution in [2.75, 3.05) is 40.0 Å². The van der Waals surface area contributed by atoms with Gasteiger partial charge >= 0.3 is 0 Å². The van der Waals surface area contributed by atoms with Gasteiger partial charge in [-0.25, -0.2) is 0 Å². The Hall–Kier alpha value is -0.0800. The van der Waals surface area contributed by atoms with Crippen LogP contribution in [0, 0.1) is 5.92 Å². The minimum Gasteiger partial charge on any atom is -0.381 e. The van der Waals surface area contributed by atoms with Gasteiger partial charge < -0.3 is 20.1 Å². The van der Waals surface area contributed by atoms with Crippen LogP contribution < -0.4 is 10.6 Å². The van der Waals surface area contributed by atoms with Gasteiger partial charge in [-0.3, -0.25) is 4.99 Å². The van der Waals surface area contributed by atoms with E-state index in [9.17, 15) is 0 Å². The fourth-order valence-corrected chi connectivity index (χ4v) is 1.89. The molecule has 2 N–H and O–H groups in total. The molecule has 0 saturated carbocycles. The summed E-state index contributed by atoms with van der Waals surface area (Å²) >= 11 is 0. The third-order valence-corrected chi connectivity index (χ3v) is 3.04. The molecule has 1 heterocycles. The molecule has 5 nitrogen and oxygen atoms in total. The summed E-state index contributed by atoms with van der Waals surface area (Å²) in [5.41, 5.74) is 0. The summed E-state index contributed by atoms with van der Waals surface area (Å²) in [5.74, 6) is 1.50. The average Bonchev–Trinajstić information content (AvgIpc) is 2.42. The van der Waals surface area contributed by atoms with Gasteiger partial charge in [0.25, 0.3) is 0 Å². The van der Waals surface area contributed by atoms with Gasteiger partial charge in [0.1, 0.15) is 0 Å². The smallest absolute Gasteiger partial charge is 0.190 e. The summed E-state index contributed by atoms with van der Waals surface area (Å²) in [6.45, 7) is 8.69. The Balaban J connectivity index is 0.00000361. The van der Waals surface area contributed by atoms with Crippen LogP contribution in [0.1, 0.15) is 33.1 Å². The summed E-state index contributed by atoms with van der Waals surface area (Å²) in [5, 5.41) is 6.59. The summed E-state index contributed by atoms with van der Waals surface area (Å²) in [7, 11) is 1.80. The highest BCUT2D eigenvalue weighted by Gasteiger charge is 2.13. The quantitative estimate of drug-likeness (QED) is 0.298. The van der Waals surface area contributed by atoms with E-state index in [4.69, 9.17) is 9.47 Å². The van der Waals surface area contributed by atoms with Crippen molar-refractivity contribution in [2.45, 2.75) is 39.2 Å². The highest BCUT2D eigenvalue weighted by molar-refractivity contribution is 14.0. The zero-order valence-corrected chi connectivity index (χ0v) is 15.3. The van der Waals surface area contributed by atoms with Crippen LogP contribution in [0.5, 0.6) is 0 Å². The Bertz CT molecular complexity index is 257. The second kappa shape index (κ2) is 12.6. The van der Waals surface area contributed by atoms with Crippen molar-refractivity contribution >= 4 is 29.9 Å². The summed E-state index contributed by atoms with van der Waals surface area (Å²) in [6.07, 6.45) is 3.46. The van der Waals surface area contributed by atoms with Gasteiger partial charge in [-0.05, 0) is 25.2 Å². The third kappa shape index (κ3) is 9.77. The minimum atomic E-state index is 0. The predicted octanol–water partition coefficient (Wildman–Crippen LogP) is 2.01. The lowest BCUT2D eigenvalue weighted by molar-refractivity contribution is -0.0320. The summed E-state index contributed by atoms with van der Waals surface area (Å²) in [6, 6.07) is 0. The molecule has 0 radical (unpaired) electrons. The number of nitrogens with one attached hydrogen (secondary N) is 2. The molecule has 0 aromatic heterocycles. The molecule has 0 aliphatic carbocycles. The molecule has 1 aliphatic rings. The lowest BCUT2D eigenvalue weighted by Crippen LogP contribution is -2.39. The first kappa shape index (κ1) is 19.9. The molecule has 120 valence electrons. The van der Waals surface area contributed by atoms with Crippen molar-refractivity contribution in [1.82, 2.24) is 10.6 Å². The SMILES string of the molecule is CN=C(NCCCOC1CCOCC1)NCC(C)C.I. The summed E-state index contributed by atoms with van der Waals surface area (Å²) in [4.78, 5) is 4.18. The fourth-order valence-electron chi connectivity index (χ4n) is 1.89. The van der Waals surface area contributed by atoms with E-state index in [0.717, 1.165) is 58.1 Å². The topological polar surface area (TPSA) is 54.9 Å². The molecule has 0 unspecified atom stereocenters. The lowest BCUT2D eigenvalue weighted by Gasteiger charge is -2.22. The molecule has 0 amide bonds. The Morgan fingerprint density at radius 3 is 2.60 bits per heavy atom. The molecule has 1 aliphatic heterocycles. The van der Waals surface area contributed by atoms with Crippen LogP contribution in [0.2, 0.25) is 0 Å². The molecular formula is C14H30IN3O2. The van der Waals surface area contributed by atoms with Crippen molar-refractivity contribution in [3.05, 3.63) is 0 Å². The first-order valence-electron chi connectivity index (χ1n) is 7.36. The Morgan fingerprint density at radius 1 is 1.30 bits per heavy atom. The molecule has 0 aromatic carbocycles. The van der Waals surface area contributed by atoms with E-state index < -0.39 is 0 Å². The molecule has 1 rings (SSSR count). The van der Waals surface area contributed by atoms with Crippen LogP contribution >= 0.6 is 24.0 Å². The highest BCUT2D eigenvalue weighted by atomic mass is 127. The second-order valence-corrected chi connectivity index (χ2v) is 5.31. The molecule has 0 aromatic rings. The van der Waals surface area contributed by atoms with E-state index in [1.807, 2.05) is 0 Å². The van der Waals surface area contributed by atoms with Crippen LogP contribution in [-0.4, -0.2) is 52.0 Å². The number of ether oxygens (including phenoxy) is 2. The Morgan fingerprint density at radius 2 is 2.00 bits per heavy atom. The molecule has 0 bridgehead atoms. The number of hydrogen-bond donors (Lipinski definition) is 2. The van der Waals surface area contributed by atoms with Crippen molar-refractivity contribution in [2.24, 2.45) is 10.9 Å². The number of guanidine groups is 1. The van der Waals surface area contributed by atoms with Crippen LogP contribution in [0.15, 0.2) is 4.99 Å². The third-order valence-electron chi connectivity index (χ3n) is 3.04. The Kier molecular flexibility index (Phi) is 12.6. The lowest BCUT2D eigenvalue weighted by atomic mass is 10.1. The second-order valence-electron chi connectivity index (χ2n) is 5.31. The van der Waals surface area contributed by atoms with Gasteiger partial charge in [0, 0.05) is 40.0 Å². The molecule has 0 atom stereocenters. The van der Waals surface area contributed by atoms with Gasteiger partial charge in [0.2, 0.25) is 0 Å². The van der Waals surface area contributed by atoms with Gasteiger partial charge in [-0.1, -0.05) is 13.8 Å². The predicted molar refractivity (Wildman–Crippen MR) is 94.0 cm³/mol. The largest absolute Gasteiger partial charge is 0.381 e. The van der Waals surface area contributed by atoms with Crippen molar-refractivity contribution in [3.63, 3.8) is 0 Å². The molecule has 1 saturated heterocycles. The standard InChI is InChI=1S/C14H29N3O2.HI/c1-12(2)11-17-14(15-3)16-7-4-8-19-13-5-9-18-10-6-13;/h12-13H,4-11H2,1-3H3,(H2,15,16,17);1H. The van der Waals surface area contributed by atoms with Crippen LogP contribution in [0.3, 0.4) is 0 Å². The monoisotopic (exact) mass is 399 g/mol. The molecule has 20 heavy (non-hydrogen) atoms. The zero-order valence-electron chi connectivity index (χ0n) is 13.0. The number of hydrogen-bond acceptors (Lipinski definition) is 3. The fraction of sp³-hybridized carbons (Fsp3) is 0.929. The van der Waals surface area contributed by atoms with E-state index >= 15 is 0 Å². The van der Waals surface area contributed by atoms with Gasteiger partial charge in [-0.15, -0.1) is 24.0 Å². The molecule has 6 heteroatoms. The van der Waals surface area contributed by atoms with E-state index in [-0.39, 0.29) is 24.0 Å². The number of aliphatic imine (C=N–C) groups is 1. The molecule has 1 fully saturated rings. The molecule has 0 spiro atoms. The van der Waals surface area contributed by atoms with Crippen LogP contribution in [0.4, 0.5) is 0 Å². The zero-order chi connectivity index (χ0) is 13.9. The minimum absolute atomic E-state index is 0. The van der Waals surface area contributed by atoms with E-state index in [1.54, 1.807) is 7.05 Å². The van der Waals surface area contributed by atoms with Crippen molar-refractivity contribution in [3.8, 4) is 0 Å². The van der Waals surface area contributed by atoms with Gasteiger partial charge in [0.05, 0.1) is 6.10 Å². The maximum Gasteiger partial charge on any atom is 0.190 e. The van der Waals surface area contributed by atoms with Crippen LogP contribution in [-0.2, 0) is 9.47 Å². The van der Waals surface area contributed by atoms with Crippen molar-refractivity contribution in [1.29, 1.82) is 0 Å². The first-order chi connectivity index (χ1) is 9.22. The van der Waals surface area contributed by atoms with E-state index in [2.05, 4.69) is 29.5 Å².